The van der Waals surface area contributed by atoms with Gasteiger partial charge in [-0.05, 0) is 50.3 Å². The van der Waals surface area contributed by atoms with Crippen LogP contribution in [0.25, 0.3) is 0 Å². The van der Waals surface area contributed by atoms with Gasteiger partial charge in [0.2, 0.25) is 5.91 Å². The number of benzene rings is 1. The Hall–Kier alpha value is -2.76. The Morgan fingerprint density at radius 2 is 1.70 bits per heavy atom. The number of esters is 1. The van der Waals surface area contributed by atoms with Crippen LogP contribution in [0.15, 0.2) is 36.3 Å². The van der Waals surface area contributed by atoms with Crippen molar-refractivity contribution in [2.24, 2.45) is 5.73 Å². The molecule has 1 aliphatic heterocycles. The van der Waals surface area contributed by atoms with E-state index in [2.05, 4.69) is 26.6 Å². The maximum absolute atomic E-state index is 14.5. The van der Waals surface area contributed by atoms with E-state index < -0.39 is 43.8 Å². The van der Waals surface area contributed by atoms with E-state index in [1.54, 1.807) is 24.3 Å². The maximum atomic E-state index is 14.5. The summed E-state index contributed by atoms with van der Waals surface area (Å²) in [5.41, 5.74) is 5.31. The molecule has 0 bridgehead atoms. The lowest BCUT2D eigenvalue weighted by atomic mass is 10.0. The van der Waals surface area contributed by atoms with Crippen molar-refractivity contribution in [3.63, 3.8) is 0 Å². The number of carbonyl (C=O) groups is 3. The molecule has 1 aromatic rings. The lowest BCUT2D eigenvalue weighted by Crippen LogP contribution is -2.41. The molecule has 2 rings (SSSR count). The van der Waals surface area contributed by atoms with E-state index >= 15 is 0 Å². The number of rotatable bonds is 21. The summed E-state index contributed by atoms with van der Waals surface area (Å²) < 4.78 is 31.8. The zero-order valence-corrected chi connectivity index (χ0v) is 27.3. The molecule has 0 aliphatic carbocycles. The van der Waals surface area contributed by atoms with Crippen molar-refractivity contribution >= 4 is 25.9 Å². The molecule has 2 amide bonds. The third kappa shape index (κ3) is 13.6. The van der Waals surface area contributed by atoms with E-state index in [-0.39, 0.29) is 31.3 Å². The molecule has 1 aromatic carbocycles. The molecule has 0 saturated heterocycles. The molecule has 3 N–H and O–H groups in total. The Balaban J connectivity index is 2.02. The molecule has 1 aliphatic rings. The summed E-state index contributed by atoms with van der Waals surface area (Å²) in [7, 11) is -1.25. The molecule has 0 fully saturated rings. The summed E-state index contributed by atoms with van der Waals surface area (Å²) in [6.45, 7) is 9.43. The van der Waals surface area contributed by atoms with Crippen molar-refractivity contribution in [1.29, 1.82) is 0 Å². The van der Waals surface area contributed by atoms with Gasteiger partial charge < -0.3 is 25.1 Å². The lowest BCUT2D eigenvalue weighted by Gasteiger charge is -2.26. The first kappa shape index (κ1) is 36.4. The van der Waals surface area contributed by atoms with Gasteiger partial charge >= 0.3 is 5.97 Å². The number of ether oxygens (including phenoxy) is 3. The third-order valence-electron chi connectivity index (χ3n) is 7.42. The van der Waals surface area contributed by atoms with Crippen molar-refractivity contribution < 1.29 is 38.1 Å². The second-order valence-corrected chi connectivity index (χ2v) is 18.1. The highest BCUT2D eigenvalue weighted by molar-refractivity contribution is 6.76. The fraction of sp³-hybridized carbons (Fsp3) is 0.656. The second kappa shape index (κ2) is 18.8. The number of amides is 2. The van der Waals surface area contributed by atoms with Crippen LogP contribution in [0.3, 0.4) is 0 Å². The summed E-state index contributed by atoms with van der Waals surface area (Å²) >= 11 is 0. The first-order valence-electron chi connectivity index (χ1n) is 15.6. The number of unbranched alkanes of at least 4 members (excludes halogenated alkanes) is 5. The van der Waals surface area contributed by atoms with Gasteiger partial charge in [-0.15, -0.1) is 0 Å². The second-order valence-electron chi connectivity index (χ2n) is 12.4. The van der Waals surface area contributed by atoms with E-state index in [9.17, 15) is 23.9 Å². The Bertz CT molecular complexity index is 1060. The number of halogens is 1. The van der Waals surface area contributed by atoms with Crippen LogP contribution >= 0.6 is 0 Å². The van der Waals surface area contributed by atoms with Crippen LogP contribution in [0, 0.1) is 0 Å². The zero-order valence-electron chi connectivity index (χ0n) is 26.3. The third-order valence-corrected chi connectivity index (χ3v) is 9.12. The Labute approximate surface area is 256 Å². The normalized spacial score (nSPS) is 16.5. The van der Waals surface area contributed by atoms with E-state index in [0.29, 0.717) is 31.6 Å². The topological polar surface area (TPSA) is 128 Å². The SMILES string of the molecule is CCCCCC[C@H](CCCCC[C@@H](O)C(N)=O)OC(=O)[C@@H]1CC(F)=CN1C(=O)c1ccccc1OCOCC[Si](C)(C)C. The van der Waals surface area contributed by atoms with E-state index in [0.717, 1.165) is 55.7 Å². The van der Waals surface area contributed by atoms with E-state index in [1.807, 2.05) is 0 Å². The maximum Gasteiger partial charge on any atom is 0.329 e. The number of hydrogen-bond donors (Lipinski definition) is 2. The number of hydrogen-bond acceptors (Lipinski definition) is 7. The van der Waals surface area contributed by atoms with Gasteiger partial charge in [0.1, 0.15) is 29.8 Å². The average Bonchev–Trinajstić information content (AvgIpc) is 3.35. The Morgan fingerprint density at radius 3 is 2.35 bits per heavy atom. The number of aliphatic hydroxyl groups is 1. The average molecular weight is 623 g/mol. The van der Waals surface area contributed by atoms with Gasteiger partial charge in [-0.1, -0.05) is 70.8 Å². The van der Waals surface area contributed by atoms with Crippen LogP contribution in [0.4, 0.5) is 4.39 Å². The van der Waals surface area contributed by atoms with E-state index in [4.69, 9.17) is 19.9 Å². The molecule has 0 radical (unpaired) electrons. The molecule has 0 aromatic heterocycles. The van der Waals surface area contributed by atoms with Gasteiger partial charge in [0, 0.05) is 27.3 Å². The summed E-state index contributed by atoms with van der Waals surface area (Å²) in [5.74, 6) is -2.21. The van der Waals surface area contributed by atoms with Gasteiger partial charge in [0.15, 0.2) is 6.79 Å². The quantitative estimate of drug-likeness (QED) is 0.0736. The summed E-state index contributed by atoms with van der Waals surface area (Å²) in [6.07, 6.45) is 6.95. The van der Waals surface area contributed by atoms with Gasteiger partial charge in [-0.2, -0.15) is 0 Å². The van der Waals surface area contributed by atoms with Crippen LogP contribution in [0.2, 0.25) is 25.7 Å². The number of nitrogens with two attached hydrogens (primary N) is 1. The molecule has 3 atom stereocenters. The standard InChI is InChI=1S/C32H51FN2O7Si/c1-5-6-7-9-14-25(15-10-8-11-17-28(36)30(34)37)42-32(39)27-21-24(33)22-35(27)31(38)26-16-12-13-18-29(26)41-23-40-19-20-43(2,3)4/h12-13,16,18,22,25,27-28,36H,5-11,14-15,17,19-21,23H2,1-4H3,(H2,34,37)/t25-,27+,28-/m1/s1. The number of carbonyl (C=O) groups excluding carboxylic acids is 3. The minimum atomic E-state index is -1.25. The highest BCUT2D eigenvalue weighted by atomic mass is 28.3. The first-order valence-corrected chi connectivity index (χ1v) is 19.3. The highest BCUT2D eigenvalue weighted by Crippen LogP contribution is 2.29. The largest absolute Gasteiger partial charge is 0.467 e. The molecular weight excluding hydrogens is 571 g/mol. The predicted octanol–water partition coefficient (Wildman–Crippen LogP) is 6.08. The highest BCUT2D eigenvalue weighted by Gasteiger charge is 2.38. The van der Waals surface area contributed by atoms with Crippen molar-refractivity contribution in [2.45, 2.75) is 121 Å². The van der Waals surface area contributed by atoms with Gasteiger partial charge in [-0.3, -0.25) is 14.5 Å². The Morgan fingerprint density at radius 1 is 1.05 bits per heavy atom. The monoisotopic (exact) mass is 622 g/mol. The first-order chi connectivity index (χ1) is 20.4. The minimum absolute atomic E-state index is 0.0222. The molecular formula is C32H51FN2O7Si. The zero-order chi connectivity index (χ0) is 31.8. The molecule has 1 heterocycles. The fourth-order valence-corrected chi connectivity index (χ4v) is 5.51. The molecule has 0 spiro atoms. The van der Waals surface area contributed by atoms with Crippen LogP contribution < -0.4 is 10.5 Å². The fourth-order valence-electron chi connectivity index (χ4n) is 4.76. The van der Waals surface area contributed by atoms with Crippen molar-refractivity contribution in [3.8, 4) is 5.75 Å². The van der Waals surface area contributed by atoms with Crippen LogP contribution in [0.5, 0.6) is 5.75 Å². The van der Waals surface area contributed by atoms with E-state index in [1.165, 1.54) is 0 Å². The summed E-state index contributed by atoms with van der Waals surface area (Å²) in [4.78, 5) is 39.1. The smallest absolute Gasteiger partial charge is 0.329 e. The molecule has 11 heteroatoms. The van der Waals surface area contributed by atoms with Crippen molar-refractivity contribution in [1.82, 2.24) is 4.90 Å². The summed E-state index contributed by atoms with van der Waals surface area (Å²) in [6, 6.07) is 6.52. The van der Waals surface area contributed by atoms with Crippen molar-refractivity contribution in [3.05, 3.63) is 41.9 Å². The summed E-state index contributed by atoms with van der Waals surface area (Å²) in [5, 5.41) is 9.60. The van der Waals surface area contributed by atoms with Crippen LogP contribution in [0.1, 0.15) is 87.9 Å². The molecule has 0 saturated carbocycles. The molecule has 43 heavy (non-hydrogen) atoms. The van der Waals surface area contributed by atoms with Gasteiger partial charge in [0.05, 0.1) is 5.56 Å². The van der Waals surface area contributed by atoms with Gasteiger partial charge in [-0.25, -0.2) is 9.18 Å². The molecule has 0 unspecified atom stereocenters. The number of primary amides is 1. The Kier molecular flexibility index (Phi) is 15.9. The van der Waals surface area contributed by atoms with Crippen molar-refractivity contribution in [2.75, 3.05) is 13.4 Å². The van der Waals surface area contributed by atoms with Crippen LogP contribution in [-0.4, -0.2) is 67.5 Å². The molecule has 9 nitrogen and oxygen atoms in total. The number of para-hydroxylation sites is 1. The van der Waals surface area contributed by atoms with Gasteiger partial charge in [0.25, 0.3) is 5.91 Å². The number of nitrogens with zero attached hydrogens (tertiary/aromatic N) is 1. The molecule has 242 valence electrons. The number of aliphatic hydroxyl groups excluding tert-OH is 1. The minimum Gasteiger partial charge on any atom is -0.467 e. The predicted molar refractivity (Wildman–Crippen MR) is 167 cm³/mol. The van der Waals surface area contributed by atoms with Crippen LogP contribution in [-0.2, 0) is 19.1 Å². The lowest BCUT2D eigenvalue weighted by molar-refractivity contribution is -0.154.